The fourth-order valence-corrected chi connectivity index (χ4v) is 1.71. The van der Waals surface area contributed by atoms with E-state index in [1.165, 1.54) is 0 Å². The minimum absolute atomic E-state index is 0.470. The average molecular weight is 219 g/mol. The maximum absolute atomic E-state index is 9.92. The third kappa shape index (κ3) is 10.4. The van der Waals surface area contributed by atoms with Crippen LogP contribution < -0.4 is 14.0 Å². The second-order valence-corrected chi connectivity index (χ2v) is 5.18. The zero-order valence-electron chi connectivity index (χ0n) is 7.28. The van der Waals surface area contributed by atoms with Crippen molar-refractivity contribution in [3.63, 3.8) is 0 Å². The summed E-state index contributed by atoms with van der Waals surface area (Å²) >= 11 is 0.659. The molecule has 0 spiro atoms. The van der Waals surface area contributed by atoms with E-state index in [4.69, 9.17) is 0 Å². The van der Waals surface area contributed by atoms with Gasteiger partial charge < -0.3 is 4.48 Å². The lowest BCUT2D eigenvalue weighted by Gasteiger charge is -2.22. The molecular formula is C5H13ClNO4S+. The van der Waals surface area contributed by atoms with Crippen molar-refractivity contribution in [2.45, 2.75) is 0 Å². The van der Waals surface area contributed by atoms with Gasteiger partial charge in [-0.25, -0.2) is 0 Å². The van der Waals surface area contributed by atoms with Crippen LogP contribution >= 0.6 is 12.0 Å². The molecule has 0 atom stereocenters. The Morgan fingerprint density at radius 3 is 2.08 bits per heavy atom. The highest BCUT2D eigenvalue weighted by Crippen LogP contribution is 2.08. The van der Waals surface area contributed by atoms with Crippen molar-refractivity contribution in [2.75, 3.05) is 33.4 Å². The van der Waals surface area contributed by atoms with E-state index < -0.39 is 10.2 Å². The molecule has 0 aliphatic carbocycles. The Morgan fingerprint density at radius 2 is 1.75 bits per heavy atom. The van der Waals surface area contributed by atoms with Gasteiger partial charge in [0.05, 0.1) is 43.7 Å². The van der Waals surface area contributed by atoms with E-state index in [-0.39, 0.29) is 0 Å². The van der Waals surface area contributed by atoms with Crippen LogP contribution in [0.25, 0.3) is 0 Å². The zero-order valence-corrected chi connectivity index (χ0v) is 8.85. The van der Waals surface area contributed by atoms with Crippen LogP contribution in [-0.2, 0) is 3.74 Å². The Labute approximate surface area is 78.5 Å². The van der Waals surface area contributed by atoms with E-state index in [2.05, 4.69) is 3.74 Å². The number of nitrogens with zero attached hydrogens (tertiary/aromatic N) is 1. The number of rotatable bonds is 5. The average Bonchev–Trinajstić information content (AvgIpc) is 1.76. The smallest absolute Gasteiger partial charge is 0.178 e. The van der Waals surface area contributed by atoms with Crippen molar-refractivity contribution < 1.29 is 32.4 Å². The molecule has 0 bridgehead atoms. The standard InChI is InChI=1S/C5H13ClNO4S/c1-7(2,3)4-5-12-11-6(8,9)10/h4-5H2,1-3H3/q+1. The molecule has 0 aliphatic rings. The van der Waals surface area contributed by atoms with Crippen molar-refractivity contribution in [2.24, 2.45) is 0 Å². The van der Waals surface area contributed by atoms with Gasteiger partial charge >= 0.3 is 0 Å². The van der Waals surface area contributed by atoms with Gasteiger partial charge in [0.15, 0.2) is 12.0 Å². The third-order valence-corrected chi connectivity index (χ3v) is 2.29. The molecule has 7 heteroatoms. The third-order valence-electron chi connectivity index (χ3n) is 0.967. The van der Waals surface area contributed by atoms with Crippen LogP contribution in [0.4, 0.5) is 0 Å². The molecule has 0 unspecified atom stereocenters. The quantitative estimate of drug-likeness (QED) is 0.284. The summed E-state index contributed by atoms with van der Waals surface area (Å²) in [5.41, 5.74) is 0. The zero-order chi connectivity index (χ0) is 9.83. The first-order valence-electron chi connectivity index (χ1n) is 3.23. The van der Waals surface area contributed by atoms with Crippen LogP contribution in [0.3, 0.4) is 0 Å². The van der Waals surface area contributed by atoms with Gasteiger partial charge in [0, 0.05) is 0 Å². The lowest BCUT2D eigenvalue weighted by atomic mass is 10.6. The van der Waals surface area contributed by atoms with E-state index in [9.17, 15) is 14.0 Å². The number of quaternary nitrogens is 1. The second kappa shape index (κ2) is 4.61. The van der Waals surface area contributed by atoms with Gasteiger partial charge in [-0.05, 0) is 0 Å². The van der Waals surface area contributed by atoms with Crippen LogP contribution in [0.2, 0.25) is 0 Å². The van der Waals surface area contributed by atoms with Gasteiger partial charge in [-0.1, -0.05) is 0 Å². The lowest BCUT2D eigenvalue weighted by Crippen LogP contribution is -2.59. The van der Waals surface area contributed by atoms with E-state index in [0.29, 0.717) is 22.3 Å². The molecule has 0 saturated heterocycles. The first kappa shape index (κ1) is 12.4. The molecule has 0 aliphatic heterocycles. The molecule has 74 valence electrons. The molecule has 0 radical (unpaired) electrons. The summed E-state index contributed by atoms with van der Waals surface area (Å²) in [7, 11) is 1.61. The fraction of sp³-hybridized carbons (Fsp3) is 1.00. The molecular weight excluding hydrogens is 206 g/mol. The summed E-state index contributed by atoms with van der Waals surface area (Å²) in [6, 6.07) is 0. The molecule has 0 fully saturated rings. The minimum atomic E-state index is -4.28. The molecule has 0 aromatic heterocycles. The Bertz CT molecular complexity index is 116. The summed E-state index contributed by atoms with van der Waals surface area (Å²) in [6.45, 7) is 0.732. The van der Waals surface area contributed by atoms with Crippen molar-refractivity contribution in [3.8, 4) is 0 Å². The lowest BCUT2D eigenvalue weighted by molar-refractivity contribution is -1.91. The van der Waals surface area contributed by atoms with E-state index in [1.807, 2.05) is 21.1 Å². The van der Waals surface area contributed by atoms with E-state index >= 15 is 0 Å². The molecule has 0 heterocycles. The van der Waals surface area contributed by atoms with E-state index in [1.54, 1.807) is 0 Å². The predicted molar refractivity (Wildman–Crippen MR) is 36.4 cm³/mol. The first-order chi connectivity index (χ1) is 5.21. The van der Waals surface area contributed by atoms with Crippen LogP contribution in [-0.4, -0.2) is 37.9 Å². The maximum Gasteiger partial charge on any atom is 0.178 e. The summed E-state index contributed by atoms with van der Waals surface area (Å²) in [5, 5.41) is 0. The number of halogens is 1. The Hall–Kier alpha value is 0.440. The van der Waals surface area contributed by atoms with Gasteiger partial charge in [0.25, 0.3) is 0 Å². The molecule has 5 nitrogen and oxygen atoms in total. The van der Waals surface area contributed by atoms with Gasteiger partial charge in [-0.3, -0.25) is 0 Å². The molecule has 0 aromatic rings. The number of hydrogen-bond acceptors (Lipinski definition) is 5. The molecule has 0 aromatic carbocycles. The van der Waals surface area contributed by atoms with Gasteiger partial charge in [0.2, 0.25) is 0 Å². The molecule has 12 heavy (non-hydrogen) atoms. The Balaban J connectivity index is 3.35. The van der Waals surface area contributed by atoms with Crippen molar-refractivity contribution >= 4 is 12.0 Å². The summed E-state index contributed by atoms with van der Waals surface area (Å²) in [6.07, 6.45) is 0. The second-order valence-electron chi connectivity index (χ2n) is 3.28. The predicted octanol–water partition coefficient (Wildman–Crippen LogP) is -2.75. The van der Waals surface area contributed by atoms with Crippen LogP contribution in [0.1, 0.15) is 0 Å². The highest BCUT2D eigenvalue weighted by Gasteiger charge is 2.19. The Morgan fingerprint density at radius 1 is 1.25 bits per heavy atom. The maximum atomic E-state index is 9.92. The highest BCUT2D eigenvalue weighted by atomic mass is 35.7. The SMILES string of the molecule is C[N+](C)(C)CCSO[Cl+3]([O-])([O-])[O-]. The molecule has 0 amide bonds. The first-order valence-corrected chi connectivity index (χ1v) is 5.38. The van der Waals surface area contributed by atoms with Gasteiger partial charge in [-0.2, -0.15) is 14.0 Å². The van der Waals surface area contributed by atoms with Crippen molar-refractivity contribution in [1.29, 1.82) is 0 Å². The molecule has 0 saturated carbocycles. The monoisotopic (exact) mass is 218 g/mol. The van der Waals surface area contributed by atoms with Gasteiger partial charge in [0.1, 0.15) is 3.74 Å². The Kier molecular flexibility index (Phi) is 4.78. The van der Waals surface area contributed by atoms with Crippen molar-refractivity contribution in [3.05, 3.63) is 0 Å². The molecule has 0 N–H and O–H groups in total. The summed E-state index contributed by atoms with van der Waals surface area (Å²) in [4.78, 5) is 0. The van der Waals surface area contributed by atoms with Crippen LogP contribution in [0.15, 0.2) is 0 Å². The minimum Gasteiger partial charge on any atom is -0.330 e. The van der Waals surface area contributed by atoms with E-state index in [0.717, 1.165) is 6.54 Å². The largest absolute Gasteiger partial charge is 0.330 e. The summed E-state index contributed by atoms with van der Waals surface area (Å²) in [5.74, 6) is 0.470. The number of hydrogen-bond donors (Lipinski definition) is 0. The van der Waals surface area contributed by atoms with Crippen molar-refractivity contribution in [1.82, 2.24) is 0 Å². The normalized spacial score (nSPS) is 13.5. The fourth-order valence-electron chi connectivity index (χ4n) is 0.397. The molecule has 0 rings (SSSR count). The highest BCUT2D eigenvalue weighted by molar-refractivity contribution is 7.94. The van der Waals surface area contributed by atoms with Crippen LogP contribution in [0, 0.1) is 10.2 Å². The van der Waals surface area contributed by atoms with Crippen LogP contribution in [0.5, 0.6) is 0 Å². The summed E-state index contributed by atoms with van der Waals surface area (Å²) < 4.78 is 34.4. The van der Waals surface area contributed by atoms with Gasteiger partial charge in [-0.15, -0.1) is 0 Å². The topological polar surface area (TPSA) is 78.4 Å².